The Bertz CT molecular complexity index is 534. The number of aryl methyl sites for hydroxylation is 1. The van der Waals surface area contributed by atoms with Gasteiger partial charge in [-0.05, 0) is 37.7 Å². The van der Waals surface area contributed by atoms with Gasteiger partial charge >= 0.3 is 0 Å². The summed E-state index contributed by atoms with van der Waals surface area (Å²) < 4.78 is 6.81. The first-order valence-electron chi connectivity index (χ1n) is 6.29. The molecule has 3 nitrogen and oxygen atoms in total. The predicted octanol–water partition coefficient (Wildman–Crippen LogP) is 3.44. The van der Waals surface area contributed by atoms with Crippen LogP contribution in [-0.2, 0) is 19.6 Å². The third-order valence-electron chi connectivity index (χ3n) is 3.08. The van der Waals surface area contributed by atoms with E-state index in [2.05, 4.69) is 52.1 Å². The number of nitrogens with two attached hydrogens (primary N) is 1. The van der Waals surface area contributed by atoms with E-state index in [-0.39, 0.29) is 0 Å². The van der Waals surface area contributed by atoms with Crippen LogP contribution in [0.25, 0.3) is 0 Å². The van der Waals surface area contributed by atoms with Crippen LogP contribution in [-0.4, -0.2) is 11.9 Å². The van der Waals surface area contributed by atoms with E-state index in [1.807, 2.05) is 13.0 Å². The van der Waals surface area contributed by atoms with Crippen molar-refractivity contribution in [3.8, 4) is 0 Å². The number of furan rings is 1. The molecule has 1 heterocycles. The van der Waals surface area contributed by atoms with E-state index >= 15 is 0 Å². The van der Waals surface area contributed by atoms with E-state index in [1.165, 1.54) is 5.56 Å². The van der Waals surface area contributed by atoms with Gasteiger partial charge in [0.15, 0.2) is 0 Å². The molecular formula is C15H19BrN2O. The van der Waals surface area contributed by atoms with E-state index in [0.29, 0.717) is 6.54 Å². The Labute approximate surface area is 122 Å². The van der Waals surface area contributed by atoms with Crippen molar-refractivity contribution in [2.24, 2.45) is 5.73 Å². The van der Waals surface area contributed by atoms with Crippen LogP contribution in [0, 0.1) is 6.92 Å². The summed E-state index contributed by atoms with van der Waals surface area (Å²) in [5.41, 5.74) is 8.03. The molecule has 0 aliphatic rings. The molecule has 0 saturated carbocycles. The van der Waals surface area contributed by atoms with Crippen LogP contribution in [0.5, 0.6) is 0 Å². The summed E-state index contributed by atoms with van der Waals surface area (Å²) in [5.74, 6) is 1.90. The quantitative estimate of drug-likeness (QED) is 0.916. The van der Waals surface area contributed by atoms with Crippen LogP contribution in [0.2, 0.25) is 0 Å². The van der Waals surface area contributed by atoms with Crippen molar-refractivity contribution >= 4 is 15.9 Å². The van der Waals surface area contributed by atoms with Gasteiger partial charge in [-0.25, -0.2) is 0 Å². The zero-order valence-corrected chi connectivity index (χ0v) is 12.9. The molecule has 0 radical (unpaired) electrons. The van der Waals surface area contributed by atoms with Gasteiger partial charge in [0.05, 0.1) is 6.54 Å². The lowest BCUT2D eigenvalue weighted by molar-refractivity contribution is 0.285. The van der Waals surface area contributed by atoms with Gasteiger partial charge in [-0.1, -0.05) is 28.1 Å². The highest BCUT2D eigenvalue weighted by molar-refractivity contribution is 9.10. The Balaban J connectivity index is 1.96. The molecule has 0 atom stereocenters. The predicted molar refractivity (Wildman–Crippen MR) is 80.6 cm³/mol. The lowest BCUT2D eigenvalue weighted by Crippen LogP contribution is -2.16. The molecule has 0 aliphatic carbocycles. The third kappa shape index (κ3) is 3.93. The smallest absolute Gasteiger partial charge is 0.118 e. The molecule has 2 N–H and O–H groups in total. The maximum absolute atomic E-state index is 5.70. The fourth-order valence-electron chi connectivity index (χ4n) is 2.09. The Morgan fingerprint density at radius 1 is 1.21 bits per heavy atom. The van der Waals surface area contributed by atoms with Crippen molar-refractivity contribution in [3.63, 3.8) is 0 Å². The van der Waals surface area contributed by atoms with Gasteiger partial charge in [0, 0.05) is 23.1 Å². The number of nitrogens with zero attached hydrogens (tertiary/aromatic N) is 1. The van der Waals surface area contributed by atoms with Gasteiger partial charge in [-0.3, -0.25) is 4.90 Å². The molecule has 2 aromatic rings. The fourth-order valence-corrected chi connectivity index (χ4v) is 2.36. The number of rotatable bonds is 5. The van der Waals surface area contributed by atoms with Crippen LogP contribution >= 0.6 is 15.9 Å². The first-order chi connectivity index (χ1) is 9.08. The van der Waals surface area contributed by atoms with Crippen molar-refractivity contribution in [1.82, 2.24) is 4.90 Å². The molecule has 19 heavy (non-hydrogen) atoms. The molecule has 0 fully saturated rings. The Kier molecular flexibility index (Phi) is 4.80. The maximum Gasteiger partial charge on any atom is 0.118 e. The van der Waals surface area contributed by atoms with Crippen molar-refractivity contribution in [3.05, 3.63) is 57.5 Å². The van der Waals surface area contributed by atoms with Gasteiger partial charge in [0.25, 0.3) is 0 Å². The summed E-state index contributed by atoms with van der Waals surface area (Å²) in [6, 6.07) is 10.4. The first-order valence-corrected chi connectivity index (χ1v) is 7.09. The molecule has 0 unspecified atom stereocenters. The van der Waals surface area contributed by atoms with E-state index in [9.17, 15) is 0 Å². The van der Waals surface area contributed by atoms with E-state index in [4.69, 9.17) is 10.2 Å². The highest BCUT2D eigenvalue weighted by Gasteiger charge is 2.08. The van der Waals surface area contributed by atoms with Gasteiger partial charge in [-0.2, -0.15) is 0 Å². The highest BCUT2D eigenvalue weighted by Crippen LogP contribution is 2.17. The Morgan fingerprint density at radius 2 is 1.89 bits per heavy atom. The second-order valence-electron chi connectivity index (χ2n) is 4.80. The molecule has 1 aromatic heterocycles. The monoisotopic (exact) mass is 322 g/mol. The van der Waals surface area contributed by atoms with Crippen molar-refractivity contribution in [1.29, 1.82) is 0 Å². The molecule has 0 spiro atoms. The average Bonchev–Trinajstić information content (AvgIpc) is 2.72. The SMILES string of the molecule is Cc1oc(CN(C)Cc2ccc(Br)cc2)cc1CN. The summed E-state index contributed by atoms with van der Waals surface area (Å²) in [7, 11) is 2.09. The highest BCUT2D eigenvalue weighted by atomic mass is 79.9. The Hall–Kier alpha value is -1.10. The molecule has 2 rings (SSSR count). The van der Waals surface area contributed by atoms with Crippen molar-refractivity contribution in [2.75, 3.05) is 7.05 Å². The molecule has 4 heteroatoms. The minimum absolute atomic E-state index is 0.533. The van der Waals surface area contributed by atoms with E-state index < -0.39 is 0 Å². The average molecular weight is 323 g/mol. The van der Waals surface area contributed by atoms with Crippen LogP contribution in [0.1, 0.15) is 22.6 Å². The molecule has 102 valence electrons. The second-order valence-corrected chi connectivity index (χ2v) is 5.71. The first kappa shape index (κ1) is 14.3. The summed E-state index contributed by atoms with van der Waals surface area (Å²) in [6.45, 7) is 4.17. The van der Waals surface area contributed by atoms with Crippen LogP contribution < -0.4 is 5.73 Å². The van der Waals surface area contributed by atoms with Crippen LogP contribution in [0.3, 0.4) is 0 Å². The molecule has 1 aromatic carbocycles. The van der Waals surface area contributed by atoms with E-state index in [1.54, 1.807) is 0 Å². The summed E-state index contributed by atoms with van der Waals surface area (Å²) in [5, 5.41) is 0. The molecule has 0 amide bonds. The van der Waals surface area contributed by atoms with Gasteiger partial charge in [-0.15, -0.1) is 0 Å². The number of hydrogen-bond donors (Lipinski definition) is 1. The number of hydrogen-bond acceptors (Lipinski definition) is 3. The summed E-state index contributed by atoms with van der Waals surface area (Å²) in [6.07, 6.45) is 0. The lowest BCUT2D eigenvalue weighted by atomic mass is 10.2. The van der Waals surface area contributed by atoms with Gasteiger partial charge < -0.3 is 10.2 Å². The lowest BCUT2D eigenvalue weighted by Gasteiger charge is -2.15. The van der Waals surface area contributed by atoms with E-state index in [0.717, 1.165) is 34.6 Å². The van der Waals surface area contributed by atoms with Crippen molar-refractivity contribution in [2.45, 2.75) is 26.6 Å². The minimum atomic E-state index is 0.533. The largest absolute Gasteiger partial charge is 0.465 e. The fraction of sp³-hybridized carbons (Fsp3) is 0.333. The zero-order valence-electron chi connectivity index (χ0n) is 11.3. The molecule has 0 saturated heterocycles. The maximum atomic E-state index is 5.70. The second kappa shape index (κ2) is 6.37. The van der Waals surface area contributed by atoms with Crippen LogP contribution in [0.15, 0.2) is 39.2 Å². The van der Waals surface area contributed by atoms with Gasteiger partial charge in [0.1, 0.15) is 11.5 Å². The summed E-state index contributed by atoms with van der Waals surface area (Å²) in [4.78, 5) is 2.22. The third-order valence-corrected chi connectivity index (χ3v) is 3.61. The molecule has 0 bridgehead atoms. The number of benzene rings is 1. The molecule has 0 aliphatic heterocycles. The molecular weight excluding hydrogens is 304 g/mol. The number of halogens is 1. The zero-order chi connectivity index (χ0) is 13.8. The summed E-state index contributed by atoms with van der Waals surface area (Å²) >= 11 is 3.44. The normalized spacial score (nSPS) is 11.2. The Morgan fingerprint density at radius 3 is 2.47 bits per heavy atom. The topological polar surface area (TPSA) is 42.4 Å². The van der Waals surface area contributed by atoms with Crippen LogP contribution in [0.4, 0.5) is 0 Å². The van der Waals surface area contributed by atoms with Gasteiger partial charge in [0.2, 0.25) is 0 Å². The van der Waals surface area contributed by atoms with Crippen molar-refractivity contribution < 1.29 is 4.42 Å². The standard InChI is InChI=1S/C15H19BrN2O/c1-11-13(8-17)7-15(19-11)10-18(2)9-12-3-5-14(16)6-4-12/h3-7H,8-10,17H2,1-2H3. The minimum Gasteiger partial charge on any atom is -0.465 e.